The van der Waals surface area contributed by atoms with Crippen LogP contribution in [0.1, 0.15) is 31.2 Å². The molecule has 0 spiro atoms. The number of carbonyl (C=O) groups is 2. The fourth-order valence-corrected chi connectivity index (χ4v) is 6.89. The van der Waals surface area contributed by atoms with Gasteiger partial charge in [-0.15, -0.1) is 0 Å². The lowest BCUT2D eigenvalue weighted by Gasteiger charge is -2.14. The second-order valence-electron chi connectivity index (χ2n) is 6.99. The molecule has 2 aromatic rings. The van der Waals surface area contributed by atoms with Gasteiger partial charge in [0.1, 0.15) is 4.32 Å². The molecule has 0 radical (unpaired) electrons. The number of unbranched alkanes of at least 4 members (excludes halogenated alkanes) is 2. The van der Waals surface area contributed by atoms with Crippen LogP contribution in [0.3, 0.4) is 0 Å². The average molecular weight is 682 g/mol. The third-order valence-corrected chi connectivity index (χ3v) is 7.94. The summed E-state index contributed by atoms with van der Waals surface area (Å²) in [5.41, 5.74) is 1.62. The Morgan fingerprint density at radius 3 is 2.41 bits per heavy atom. The first-order valence-electron chi connectivity index (χ1n) is 9.70. The molecule has 2 amide bonds. The number of hydrogen-bond donors (Lipinski definition) is 1. The number of thioether (sulfide) groups is 1. The van der Waals surface area contributed by atoms with E-state index < -0.39 is 0 Å². The van der Waals surface area contributed by atoms with Crippen LogP contribution in [0.25, 0.3) is 6.08 Å². The van der Waals surface area contributed by atoms with Crippen molar-refractivity contribution in [3.63, 3.8) is 0 Å². The lowest BCUT2D eigenvalue weighted by molar-refractivity contribution is -0.122. The Balaban J connectivity index is 1.43. The number of rotatable bonds is 8. The first kappa shape index (κ1) is 25.9. The number of nitrogens with one attached hydrogen (secondary N) is 1. The fourth-order valence-electron chi connectivity index (χ4n) is 3.00. The van der Waals surface area contributed by atoms with Gasteiger partial charge in [-0.05, 0) is 80.6 Å². The molecule has 4 nitrogen and oxygen atoms in total. The van der Waals surface area contributed by atoms with Crippen LogP contribution in [0.15, 0.2) is 54.7 Å². The van der Waals surface area contributed by atoms with E-state index in [-0.39, 0.29) is 11.8 Å². The first-order chi connectivity index (χ1) is 15.2. The summed E-state index contributed by atoms with van der Waals surface area (Å²) in [5.74, 6) is -0.122. The molecule has 32 heavy (non-hydrogen) atoms. The summed E-state index contributed by atoms with van der Waals surface area (Å²) in [6, 6.07) is 11.1. The van der Waals surface area contributed by atoms with Gasteiger partial charge in [0.2, 0.25) is 5.91 Å². The number of anilines is 1. The second kappa shape index (κ2) is 12.1. The summed E-state index contributed by atoms with van der Waals surface area (Å²) in [6.07, 6.45) is 4.57. The predicted molar refractivity (Wildman–Crippen MR) is 148 cm³/mol. The van der Waals surface area contributed by atoms with Crippen LogP contribution < -0.4 is 5.32 Å². The molecule has 0 unspecified atom stereocenters. The highest BCUT2D eigenvalue weighted by Gasteiger charge is 2.31. The summed E-state index contributed by atoms with van der Waals surface area (Å²) < 4.78 is 3.08. The molecular weight excluding hydrogens is 664 g/mol. The standard InChI is InChI=1S/C22H18Br3ClN2O2S2/c23-14-11-16(24)20(17(25)12-14)27-19(29)4-2-1-3-9-28-21(30)18(32-22(28)31)10-13-5-7-15(26)8-6-13/h5-8,10-12H,1-4,9H2,(H,27,29). The number of hydrogen-bond acceptors (Lipinski definition) is 4. The van der Waals surface area contributed by atoms with Crippen molar-refractivity contribution < 1.29 is 9.59 Å². The van der Waals surface area contributed by atoms with Crippen LogP contribution in [-0.2, 0) is 9.59 Å². The van der Waals surface area contributed by atoms with E-state index in [1.165, 1.54) is 11.8 Å². The highest BCUT2D eigenvalue weighted by molar-refractivity contribution is 9.11. The Labute approximate surface area is 226 Å². The quantitative estimate of drug-likeness (QED) is 0.174. The van der Waals surface area contributed by atoms with Crippen LogP contribution in [0.4, 0.5) is 5.69 Å². The predicted octanol–water partition coefficient (Wildman–Crippen LogP) is 8.03. The maximum atomic E-state index is 12.7. The average Bonchev–Trinajstić information content (AvgIpc) is 2.99. The van der Waals surface area contributed by atoms with Crippen molar-refractivity contribution in [2.24, 2.45) is 0 Å². The van der Waals surface area contributed by atoms with E-state index >= 15 is 0 Å². The Hall–Kier alpha value is -0.710. The highest BCUT2D eigenvalue weighted by atomic mass is 79.9. The number of nitrogens with zero attached hydrogens (tertiary/aromatic N) is 1. The highest BCUT2D eigenvalue weighted by Crippen LogP contribution is 2.35. The van der Waals surface area contributed by atoms with Gasteiger partial charge in [0.05, 0.1) is 10.6 Å². The van der Waals surface area contributed by atoms with Gasteiger partial charge < -0.3 is 5.32 Å². The number of halogens is 4. The normalized spacial score (nSPS) is 15.0. The van der Waals surface area contributed by atoms with Gasteiger partial charge in [0.15, 0.2) is 0 Å². The smallest absolute Gasteiger partial charge is 0.266 e. The van der Waals surface area contributed by atoms with E-state index in [1.54, 1.807) is 17.0 Å². The Kier molecular flexibility index (Phi) is 9.82. The maximum absolute atomic E-state index is 12.7. The van der Waals surface area contributed by atoms with E-state index in [0.29, 0.717) is 32.9 Å². The number of carbonyl (C=O) groups excluding carboxylic acids is 2. The molecule has 1 aliphatic rings. The number of benzene rings is 2. The molecule has 0 saturated carbocycles. The van der Waals surface area contributed by atoms with Gasteiger partial charge in [-0.25, -0.2) is 0 Å². The minimum absolute atomic E-state index is 0.0507. The van der Waals surface area contributed by atoms with Crippen molar-refractivity contribution in [1.29, 1.82) is 0 Å². The molecule has 1 N–H and O–H groups in total. The molecule has 0 aromatic heterocycles. The minimum Gasteiger partial charge on any atom is -0.324 e. The summed E-state index contributed by atoms with van der Waals surface area (Å²) >= 11 is 22.9. The zero-order valence-electron chi connectivity index (χ0n) is 16.7. The molecule has 1 saturated heterocycles. The molecule has 168 valence electrons. The van der Waals surface area contributed by atoms with Crippen molar-refractivity contribution in [3.8, 4) is 0 Å². The van der Waals surface area contributed by atoms with Crippen LogP contribution in [0.5, 0.6) is 0 Å². The zero-order valence-corrected chi connectivity index (χ0v) is 23.8. The van der Waals surface area contributed by atoms with Crippen LogP contribution in [0.2, 0.25) is 5.02 Å². The largest absolute Gasteiger partial charge is 0.324 e. The Morgan fingerprint density at radius 2 is 1.75 bits per heavy atom. The molecule has 0 aliphatic carbocycles. The number of thiocarbonyl (C=S) groups is 1. The lowest BCUT2D eigenvalue weighted by atomic mass is 10.1. The van der Waals surface area contributed by atoms with E-state index in [1.807, 2.05) is 30.3 Å². The molecular formula is C22H18Br3ClN2O2S2. The van der Waals surface area contributed by atoms with E-state index in [9.17, 15) is 9.59 Å². The molecule has 3 rings (SSSR count). The summed E-state index contributed by atoms with van der Waals surface area (Å²) in [7, 11) is 0. The SMILES string of the molecule is O=C(CCCCCN1C(=O)C(=Cc2ccc(Cl)cc2)SC1=S)Nc1c(Br)cc(Br)cc1Br. The monoisotopic (exact) mass is 678 g/mol. The molecule has 0 atom stereocenters. The van der Waals surface area contributed by atoms with Crippen LogP contribution in [-0.4, -0.2) is 27.6 Å². The van der Waals surface area contributed by atoms with Gasteiger partial charge in [-0.2, -0.15) is 0 Å². The summed E-state index contributed by atoms with van der Waals surface area (Å²) in [6.45, 7) is 0.550. The van der Waals surface area contributed by atoms with Gasteiger partial charge in [0, 0.05) is 31.4 Å². The van der Waals surface area contributed by atoms with Crippen molar-refractivity contribution >= 4 is 111 Å². The van der Waals surface area contributed by atoms with Gasteiger partial charge >= 0.3 is 0 Å². The maximum Gasteiger partial charge on any atom is 0.266 e. The second-order valence-corrected chi connectivity index (χ2v) is 11.7. The zero-order chi connectivity index (χ0) is 23.3. The minimum atomic E-state index is -0.0716. The van der Waals surface area contributed by atoms with Crippen molar-refractivity contribution in [1.82, 2.24) is 4.90 Å². The molecule has 1 fully saturated rings. The number of amides is 2. The van der Waals surface area contributed by atoms with Crippen molar-refractivity contribution in [3.05, 3.63) is 65.3 Å². The Bertz CT molecular complexity index is 1050. The molecule has 1 aliphatic heterocycles. The van der Waals surface area contributed by atoms with Crippen LogP contribution >= 0.6 is 83.4 Å². The lowest BCUT2D eigenvalue weighted by Crippen LogP contribution is -2.29. The molecule has 2 aromatic carbocycles. The summed E-state index contributed by atoms with van der Waals surface area (Å²) in [4.78, 5) is 27.2. The Morgan fingerprint density at radius 1 is 1.09 bits per heavy atom. The topological polar surface area (TPSA) is 49.4 Å². The van der Waals surface area contributed by atoms with Crippen LogP contribution in [0, 0.1) is 0 Å². The third-order valence-electron chi connectivity index (χ3n) is 4.60. The molecule has 1 heterocycles. The van der Waals surface area contributed by atoms with Crippen molar-refractivity contribution in [2.75, 3.05) is 11.9 Å². The summed E-state index contributed by atoms with van der Waals surface area (Å²) in [5, 5.41) is 3.58. The van der Waals surface area contributed by atoms with E-state index in [0.717, 1.165) is 38.2 Å². The van der Waals surface area contributed by atoms with Crippen molar-refractivity contribution in [2.45, 2.75) is 25.7 Å². The molecule has 0 bridgehead atoms. The van der Waals surface area contributed by atoms with Gasteiger partial charge in [-0.3, -0.25) is 14.5 Å². The molecule has 10 heteroatoms. The first-order valence-corrected chi connectivity index (χ1v) is 13.7. The van der Waals surface area contributed by atoms with E-state index in [4.69, 9.17) is 23.8 Å². The van der Waals surface area contributed by atoms with E-state index in [2.05, 4.69) is 53.1 Å². The van der Waals surface area contributed by atoms with Gasteiger partial charge in [-0.1, -0.05) is 70.1 Å². The third kappa shape index (κ3) is 7.14. The fraction of sp³-hybridized carbons (Fsp3) is 0.227. The van der Waals surface area contributed by atoms with Gasteiger partial charge in [0.25, 0.3) is 5.91 Å².